The summed E-state index contributed by atoms with van der Waals surface area (Å²) in [6.45, 7) is 4.66. The molecule has 2 atom stereocenters. The maximum Gasteiger partial charge on any atom is 0.117 e. The van der Waals surface area contributed by atoms with Crippen LogP contribution in [0.4, 0.5) is 0 Å². The van der Waals surface area contributed by atoms with E-state index in [0.717, 1.165) is 57.1 Å². The molecule has 0 unspecified atom stereocenters. The quantitative estimate of drug-likeness (QED) is 0.844. The molecule has 5 nitrogen and oxygen atoms in total. The van der Waals surface area contributed by atoms with Crippen molar-refractivity contribution < 1.29 is 9.15 Å². The predicted molar refractivity (Wildman–Crippen MR) is 91.4 cm³/mol. The van der Waals surface area contributed by atoms with Gasteiger partial charge >= 0.3 is 0 Å². The highest BCUT2D eigenvalue weighted by Gasteiger charge is 2.46. The standard InChI is InChI=1S/C19H25N3O2/c1-21(12-16-5-2-3-8-20-16)17-11-19(24-14-17)7-9-22(15-19)13-18-6-4-10-23-18/h2-6,8,10,17H,7,9,11-15H2,1H3/t17-,19-/m1/s1. The molecule has 0 aliphatic carbocycles. The summed E-state index contributed by atoms with van der Waals surface area (Å²) in [5, 5.41) is 0. The Hall–Kier alpha value is -1.69. The van der Waals surface area contributed by atoms with Gasteiger partial charge in [-0.15, -0.1) is 0 Å². The van der Waals surface area contributed by atoms with E-state index in [4.69, 9.17) is 9.15 Å². The van der Waals surface area contributed by atoms with Crippen LogP contribution in [0.25, 0.3) is 0 Å². The highest BCUT2D eigenvalue weighted by molar-refractivity contribution is 5.06. The van der Waals surface area contributed by atoms with Crippen molar-refractivity contribution in [3.05, 3.63) is 54.2 Å². The van der Waals surface area contributed by atoms with E-state index < -0.39 is 0 Å². The largest absolute Gasteiger partial charge is 0.468 e. The fourth-order valence-corrected chi connectivity index (χ4v) is 3.95. The van der Waals surface area contributed by atoms with Crippen LogP contribution in [-0.4, -0.2) is 53.2 Å². The Labute approximate surface area is 143 Å². The Kier molecular flexibility index (Phi) is 4.39. The van der Waals surface area contributed by atoms with Crippen molar-refractivity contribution in [1.82, 2.24) is 14.8 Å². The van der Waals surface area contributed by atoms with Gasteiger partial charge in [0.15, 0.2) is 0 Å². The fraction of sp³-hybridized carbons (Fsp3) is 0.526. The number of furan rings is 1. The van der Waals surface area contributed by atoms with Gasteiger partial charge in [0.1, 0.15) is 5.76 Å². The SMILES string of the molecule is CN(Cc1ccccn1)[C@H]1CO[C@]2(CCN(Cc3ccco3)C2)C1. The molecular formula is C19H25N3O2. The van der Waals surface area contributed by atoms with E-state index >= 15 is 0 Å². The molecule has 5 heteroatoms. The second kappa shape index (κ2) is 6.67. The third kappa shape index (κ3) is 3.38. The Morgan fingerprint density at radius 1 is 1.33 bits per heavy atom. The number of aromatic nitrogens is 1. The van der Waals surface area contributed by atoms with Crippen LogP contribution < -0.4 is 0 Å². The van der Waals surface area contributed by atoms with Gasteiger partial charge in [-0.3, -0.25) is 14.8 Å². The molecule has 1 spiro atoms. The van der Waals surface area contributed by atoms with Gasteiger partial charge in [0.2, 0.25) is 0 Å². The van der Waals surface area contributed by atoms with Gasteiger partial charge in [-0.05, 0) is 44.2 Å². The van der Waals surface area contributed by atoms with Crippen LogP contribution in [0.2, 0.25) is 0 Å². The topological polar surface area (TPSA) is 41.7 Å². The van der Waals surface area contributed by atoms with Gasteiger partial charge in [0.25, 0.3) is 0 Å². The normalized spacial score (nSPS) is 27.5. The van der Waals surface area contributed by atoms with Gasteiger partial charge in [-0.1, -0.05) is 6.07 Å². The maximum absolute atomic E-state index is 6.29. The number of hydrogen-bond donors (Lipinski definition) is 0. The van der Waals surface area contributed by atoms with E-state index in [1.165, 1.54) is 0 Å². The lowest BCUT2D eigenvalue weighted by Gasteiger charge is -2.25. The fourth-order valence-electron chi connectivity index (χ4n) is 3.95. The minimum absolute atomic E-state index is 0.0234. The molecule has 4 heterocycles. The lowest BCUT2D eigenvalue weighted by Crippen LogP contribution is -2.36. The molecule has 2 aromatic heterocycles. The molecule has 4 rings (SSSR count). The highest BCUT2D eigenvalue weighted by atomic mass is 16.5. The van der Waals surface area contributed by atoms with Crippen LogP contribution in [0.5, 0.6) is 0 Å². The smallest absolute Gasteiger partial charge is 0.117 e. The van der Waals surface area contributed by atoms with E-state index in [0.29, 0.717) is 6.04 Å². The summed E-state index contributed by atoms with van der Waals surface area (Å²) >= 11 is 0. The molecule has 2 aliphatic heterocycles. The van der Waals surface area contributed by atoms with Gasteiger partial charge < -0.3 is 9.15 Å². The first-order valence-electron chi connectivity index (χ1n) is 8.71. The average molecular weight is 327 g/mol. The van der Waals surface area contributed by atoms with Crippen molar-refractivity contribution in [3.63, 3.8) is 0 Å². The van der Waals surface area contributed by atoms with E-state index in [9.17, 15) is 0 Å². The zero-order chi connectivity index (χ0) is 16.4. The van der Waals surface area contributed by atoms with Crippen molar-refractivity contribution >= 4 is 0 Å². The summed E-state index contributed by atoms with van der Waals surface area (Å²) in [6, 6.07) is 10.6. The number of likely N-dealkylation sites (tertiary alicyclic amines) is 1. The second-order valence-corrected chi connectivity index (χ2v) is 7.13. The second-order valence-electron chi connectivity index (χ2n) is 7.13. The Balaban J connectivity index is 1.32. The number of rotatable bonds is 5. The summed E-state index contributed by atoms with van der Waals surface area (Å²) < 4.78 is 11.8. The number of hydrogen-bond acceptors (Lipinski definition) is 5. The van der Waals surface area contributed by atoms with Crippen LogP contribution in [0.1, 0.15) is 24.3 Å². The molecule has 24 heavy (non-hydrogen) atoms. The molecule has 2 saturated heterocycles. The van der Waals surface area contributed by atoms with E-state index in [1.54, 1.807) is 6.26 Å². The highest BCUT2D eigenvalue weighted by Crippen LogP contribution is 2.37. The van der Waals surface area contributed by atoms with Gasteiger partial charge in [0, 0.05) is 31.9 Å². The van der Waals surface area contributed by atoms with Crippen molar-refractivity contribution in [1.29, 1.82) is 0 Å². The number of nitrogens with zero attached hydrogens (tertiary/aromatic N) is 3. The molecule has 0 N–H and O–H groups in total. The lowest BCUT2D eigenvalue weighted by molar-refractivity contribution is 0.00979. The summed E-state index contributed by atoms with van der Waals surface area (Å²) in [6.07, 6.45) is 5.82. The van der Waals surface area contributed by atoms with Gasteiger partial charge in [-0.2, -0.15) is 0 Å². The minimum atomic E-state index is 0.0234. The number of pyridine rings is 1. The number of likely N-dealkylation sites (N-methyl/N-ethyl adjacent to an activating group) is 1. The van der Waals surface area contributed by atoms with Crippen LogP contribution >= 0.6 is 0 Å². The molecule has 2 aromatic rings. The molecule has 0 radical (unpaired) electrons. The van der Waals surface area contributed by atoms with E-state index in [-0.39, 0.29) is 5.60 Å². The van der Waals surface area contributed by atoms with E-state index in [1.807, 2.05) is 30.5 Å². The maximum atomic E-state index is 6.29. The van der Waals surface area contributed by atoms with Gasteiger partial charge in [-0.25, -0.2) is 0 Å². The van der Waals surface area contributed by atoms with E-state index in [2.05, 4.69) is 27.9 Å². The van der Waals surface area contributed by atoms with Crippen LogP contribution in [0.15, 0.2) is 47.2 Å². The zero-order valence-electron chi connectivity index (χ0n) is 14.2. The molecule has 2 fully saturated rings. The summed E-state index contributed by atoms with van der Waals surface area (Å²) in [5.41, 5.74) is 1.14. The first kappa shape index (κ1) is 15.8. The minimum Gasteiger partial charge on any atom is -0.468 e. The average Bonchev–Trinajstić information content (AvgIpc) is 3.32. The van der Waals surface area contributed by atoms with Crippen molar-refractivity contribution in [2.75, 3.05) is 26.7 Å². The predicted octanol–water partition coefficient (Wildman–Crippen LogP) is 2.54. The van der Waals surface area contributed by atoms with Crippen molar-refractivity contribution in [2.45, 2.75) is 37.6 Å². The first-order chi connectivity index (χ1) is 11.7. The lowest BCUT2D eigenvalue weighted by atomic mass is 9.96. The Morgan fingerprint density at radius 2 is 2.29 bits per heavy atom. The zero-order valence-corrected chi connectivity index (χ0v) is 14.2. The monoisotopic (exact) mass is 327 g/mol. The molecule has 0 aromatic carbocycles. The van der Waals surface area contributed by atoms with Crippen LogP contribution in [-0.2, 0) is 17.8 Å². The summed E-state index contributed by atoms with van der Waals surface area (Å²) in [4.78, 5) is 9.26. The van der Waals surface area contributed by atoms with Crippen LogP contribution in [0, 0.1) is 0 Å². The molecule has 0 amide bonds. The molecule has 128 valence electrons. The van der Waals surface area contributed by atoms with Crippen molar-refractivity contribution in [3.8, 4) is 0 Å². The molecule has 2 aliphatic rings. The molecule has 0 saturated carbocycles. The summed E-state index contributed by atoms with van der Waals surface area (Å²) in [7, 11) is 2.18. The third-order valence-electron chi connectivity index (χ3n) is 5.31. The van der Waals surface area contributed by atoms with Gasteiger partial charge in [0.05, 0.1) is 30.7 Å². The van der Waals surface area contributed by atoms with Crippen LogP contribution in [0.3, 0.4) is 0 Å². The van der Waals surface area contributed by atoms with Crippen molar-refractivity contribution in [2.24, 2.45) is 0 Å². The third-order valence-corrected chi connectivity index (χ3v) is 5.31. The molecular weight excluding hydrogens is 302 g/mol. The first-order valence-corrected chi connectivity index (χ1v) is 8.71. The molecule has 0 bridgehead atoms. The number of ether oxygens (including phenoxy) is 1. The Bertz CT molecular complexity index is 646. The Morgan fingerprint density at radius 3 is 3.08 bits per heavy atom. The summed E-state index contributed by atoms with van der Waals surface area (Å²) in [5.74, 6) is 1.04.